The van der Waals surface area contributed by atoms with Crippen molar-refractivity contribution in [2.45, 2.75) is 24.7 Å². The highest BCUT2D eigenvalue weighted by Crippen LogP contribution is 2.02. The highest BCUT2D eigenvalue weighted by Gasteiger charge is 2.07. The summed E-state index contributed by atoms with van der Waals surface area (Å²) in [6, 6.07) is 0. The van der Waals surface area contributed by atoms with Crippen LogP contribution < -0.4 is 5.32 Å². The molecule has 0 aliphatic carbocycles. The molecular weight excluding hydrogens is 120 g/mol. The topological polar surface area (TPSA) is 12.0 Å². The first kappa shape index (κ1) is 8.31. The Kier molecular flexibility index (Phi) is 4.39. The molecule has 0 spiro atoms. The van der Waals surface area contributed by atoms with Crippen molar-refractivity contribution in [2.24, 2.45) is 0 Å². The van der Waals surface area contributed by atoms with Crippen LogP contribution in [0.15, 0.2) is 0 Å². The van der Waals surface area contributed by atoms with E-state index >= 15 is 0 Å². The second-order valence-corrected chi connectivity index (χ2v) is 2.56. The Labute approximate surface area is 57.2 Å². The van der Waals surface area contributed by atoms with Gasteiger partial charge in [-0.25, -0.2) is 0 Å². The smallest absolute Gasteiger partial charge is 0.125 e. The van der Waals surface area contributed by atoms with Crippen LogP contribution in [-0.2, 0) is 0 Å². The number of rotatable bonds is 3. The quantitative estimate of drug-likeness (QED) is 0.428. The lowest BCUT2D eigenvalue weighted by atomic mass is 9.92. The molecule has 1 N–H and O–H groups in total. The molecule has 0 aromatic heterocycles. The fraction of sp³-hybridized carbons (Fsp3) is 1.00. The third-order valence-electron chi connectivity index (χ3n) is 1.39. The summed E-state index contributed by atoms with van der Waals surface area (Å²) in [6.45, 7) is 2.09. The molecule has 8 heavy (non-hydrogen) atoms. The highest BCUT2D eigenvalue weighted by atomic mass is 35.5. The van der Waals surface area contributed by atoms with Gasteiger partial charge in [0.1, 0.15) is 7.85 Å². The molecule has 48 valence electrons. The van der Waals surface area contributed by atoms with E-state index in [0.29, 0.717) is 5.94 Å². The predicted octanol–water partition coefficient (Wildman–Crippen LogP) is 0.182. The molecule has 0 aliphatic rings. The third-order valence-corrected chi connectivity index (χ3v) is 2.07. The normalized spacial score (nSPS) is 17.9. The molecule has 0 rings (SSSR count). The molecule has 0 aliphatic heterocycles. The molecule has 1 nitrogen and oxygen atoms in total. The Morgan fingerprint density at radius 2 is 2.25 bits per heavy atom. The number of hydrogen-bond donors (Lipinski definition) is 1. The van der Waals surface area contributed by atoms with Gasteiger partial charge in [-0.05, 0) is 19.4 Å². The lowest BCUT2D eigenvalue weighted by Gasteiger charge is -2.14. The Morgan fingerprint density at radius 1 is 1.75 bits per heavy atom. The average Bonchev–Trinajstić information content (AvgIpc) is 1.84. The van der Waals surface area contributed by atoms with Crippen molar-refractivity contribution >= 4 is 19.4 Å². The van der Waals surface area contributed by atoms with E-state index in [4.69, 9.17) is 11.6 Å². The molecule has 3 heteroatoms. The molecule has 0 aromatic rings. The van der Waals surface area contributed by atoms with Gasteiger partial charge in [0.15, 0.2) is 0 Å². The second-order valence-electron chi connectivity index (χ2n) is 2.00. The van der Waals surface area contributed by atoms with E-state index in [-0.39, 0.29) is 5.38 Å². The minimum absolute atomic E-state index is 0.278. The summed E-state index contributed by atoms with van der Waals surface area (Å²) in [7, 11) is 4.01. The Bertz CT molecular complexity index is 52.4. The molecule has 0 radical (unpaired) electrons. The van der Waals surface area contributed by atoms with Crippen LogP contribution in [-0.4, -0.2) is 26.2 Å². The van der Waals surface area contributed by atoms with E-state index in [1.54, 1.807) is 0 Å². The molecule has 2 unspecified atom stereocenters. The molecule has 2 atom stereocenters. The van der Waals surface area contributed by atoms with Gasteiger partial charge in [-0.15, -0.1) is 11.6 Å². The fourth-order valence-electron chi connectivity index (χ4n) is 0.534. The third kappa shape index (κ3) is 2.58. The molecule has 0 aromatic carbocycles. The van der Waals surface area contributed by atoms with Crippen molar-refractivity contribution < 1.29 is 0 Å². The molecule has 0 heterocycles. The van der Waals surface area contributed by atoms with Crippen molar-refractivity contribution in [1.29, 1.82) is 0 Å². The van der Waals surface area contributed by atoms with Crippen LogP contribution in [0.1, 0.15) is 13.3 Å². The van der Waals surface area contributed by atoms with Gasteiger partial charge >= 0.3 is 0 Å². The SMILES string of the molecule is BC(NC)C(Cl)CC. The maximum Gasteiger partial charge on any atom is 0.125 e. The Morgan fingerprint density at radius 3 is 2.38 bits per heavy atom. The van der Waals surface area contributed by atoms with Crippen LogP contribution >= 0.6 is 11.6 Å². The van der Waals surface area contributed by atoms with E-state index in [0.717, 1.165) is 6.42 Å². The van der Waals surface area contributed by atoms with Crippen LogP contribution in [0, 0.1) is 0 Å². The van der Waals surface area contributed by atoms with E-state index in [1.165, 1.54) is 0 Å². The van der Waals surface area contributed by atoms with Crippen LogP contribution in [0.2, 0.25) is 0 Å². The summed E-state index contributed by atoms with van der Waals surface area (Å²) < 4.78 is 0. The number of halogens is 1. The second kappa shape index (κ2) is 4.22. The minimum Gasteiger partial charge on any atom is -0.323 e. The summed E-state index contributed by atoms with van der Waals surface area (Å²) >= 11 is 5.85. The van der Waals surface area contributed by atoms with Gasteiger partial charge in [0.05, 0.1) is 0 Å². The van der Waals surface area contributed by atoms with E-state index in [2.05, 4.69) is 20.1 Å². The van der Waals surface area contributed by atoms with E-state index < -0.39 is 0 Å². The lowest BCUT2D eigenvalue weighted by molar-refractivity contribution is 0.663. The fourth-order valence-corrected chi connectivity index (χ4v) is 0.660. The Hall–Kier alpha value is 0.315. The first-order valence-corrected chi connectivity index (χ1v) is 3.47. The molecule has 0 fully saturated rings. The average molecular weight is 133 g/mol. The van der Waals surface area contributed by atoms with Crippen molar-refractivity contribution in [3.8, 4) is 0 Å². The first-order valence-electron chi connectivity index (χ1n) is 3.03. The maximum atomic E-state index is 5.85. The molecule has 0 saturated carbocycles. The summed E-state index contributed by atoms with van der Waals surface area (Å²) in [5, 5.41) is 3.36. The van der Waals surface area contributed by atoms with Crippen molar-refractivity contribution in [1.82, 2.24) is 5.32 Å². The number of nitrogens with one attached hydrogen (secondary N) is 1. The largest absolute Gasteiger partial charge is 0.323 e. The molecule has 0 saturated heterocycles. The lowest BCUT2D eigenvalue weighted by Crippen LogP contribution is -2.34. The standard InChI is InChI=1S/C5H13BClN/c1-3-4(7)5(6)8-2/h4-5,8H,3,6H2,1-2H3. The van der Waals surface area contributed by atoms with Gasteiger partial charge in [0.2, 0.25) is 0 Å². The van der Waals surface area contributed by atoms with Crippen LogP contribution in [0.25, 0.3) is 0 Å². The summed E-state index contributed by atoms with van der Waals surface area (Å²) in [6.07, 6.45) is 1.03. The zero-order valence-corrected chi connectivity index (χ0v) is 6.50. The zero-order chi connectivity index (χ0) is 6.57. The number of alkyl halides is 1. The van der Waals surface area contributed by atoms with E-state index in [9.17, 15) is 0 Å². The van der Waals surface area contributed by atoms with Gasteiger partial charge in [-0.2, -0.15) is 0 Å². The molecular formula is C5H13BClN. The van der Waals surface area contributed by atoms with Crippen molar-refractivity contribution in [2.75, 3.05) is 7.05 Å². The van der Waals surface area contributed by atoms with Crippen LogP contribution in [0.3, 0.4) is 0 Å². The highest BCUT2D eigenvalue weighted by molar-refractivity contribution is 6.26. The van der Waals surface area contributed by atoms with Crippen molar-refractivity contribution in [3.63, 3.8) is 0 Å². The minimum atomic E-state index is 0.278. The van der Waals surface area contributed by atoms with Gasteiger partial charge in [0.25, 0.3) is 0 Å². The van der Waals surface area contributed by atoms with Crippen LogP contribution in [0.5, 0.6) is 0 Å². The Balaban J connectivity index is 3.29. The maximum absolute atomic E-state index is 5.85. The summed E-state index contributed by atoms with van der Waals surface area (Å²) in [5.41, 5.74) is 0. The molecule has 0 bridgehead atoms. The van der Waals surface area contributed by atoms with Crippen LogP contribution in [0.4, 0.5) is 0 Å². The first-order chi connectivity index (χ1) is 3.72. The molecule has 0 amide bonds. The van der Waals surface area contributed by atoms with Gasteiger partial charge < -0.3 is 5.32 Å². The van der Waals surface area contributed by atoms with Gasteiger partial charge in [-0.3, -0.25) is 0 Å². The summed E-state index contributed by atoms with van der Waals surface area (Å²) in [5.74, 6) is 0.432. The van der Waals surface area contributed by atoms with Gasteiger partial charge in [0, 0.05) is 5.38 Å². The predicted molar refractivity (Wildman–Crippen MR) is 41.3 cm³/mol. The van der Waals surface area contributed by atoms with E-state index in [1.807, 2.05) is 7.05 Å². The van der Waals surface area contributed by atoms with Crippen molar-refractivity contribution in [3.05, 3.63) is 0 Å². The summed E-state index contributed by atoms with van der Waals surface area (Å²) in [4.78, 5) is 0. The number of hydrogen-bond acceptors (Lipinski definition) is 1. The van der Waals surface area contributed by atoms with Gasteiger partial charge in [-0.1, -0.05) is 6.92 Å². The monoisotopic (exact) mass is 133 g/mol. The zero-order valence-electron chi connectivity index (χ0n) is 5.74.